The number of hydrogen-bond acceptors (Lipinski definition) is 3. The molecule has 3 heteroatoms. The van der Waals surface area contributed by atoms with Crippen LogP contribution in [0.1, 0.15) is 6.92 Å². The molecule has 0 saturated heterocycles. The molecule has 0 spiro atoms. The van der Waals surface area contributed by atoms with Crippen molar-refractivity contribution >= 4 is 28.6 Å². The fraction of sp³-hybridized carbons (Fsp3) is 0.300. The molecule has 1 aromatic carbocycles. The average molecular weight is 212 g/mol. The van der Waals surface area contributed by atoms with Gasteiger partial charge in [0.05, 0.1) is 5.75 Å². The SMILES string of the molecule is CCSC(=O)CSc1ccccc1. The molecule has 0 heterocycles. The third kappa shape index (κ3) is 4.39. The molecule has 1 aromatic rings. The molecule has 0 unspecified atom stereocenters. The molecule has 0 bridgehead atoms. The highest BCUT2D eigenvalue weighted by Crippen LogP contribution is 2.18. The lowest BCUT2D eigenvalue weighted by molar-refractivity contribution is -0.108. The van der Waals surface area contributed by atoms with Crippen LogP contribution in [0.4, 0.5) is 0 Å². The maximum absolute atomic E-state index is 11.2. The Balaban J connectivity index is 2.31. The Labute approximate surface area is 87.3 Å². The predicted molar refractivity (Wildman–Crippen MR) is 60.3 cm³/mol. The topological polar surface area (TPSA) is 17.1 Å². The zero-order valence-corrected chi connectivity index (χ0v) is 9.16. The van der Waals surface area contributed by atoms with E-state index in [1.807, 2.05) is 37.3 Å². The zero-order chi connectivity index (χ0) is 9.52. The van der Waals surface area contributed by atoms with E-state index < -0.39 is 0 Å². The van der Waals surface area contributed by atoms with Gasteiger partial charge in [0.1, 0.15) is 0 Å². The molecule has 0 aliphatic heterocycles. The Kier molecular flexibility index (Phi) is 5.01. The van der Waals surface area contributed by atoms with Gasteiger partial charge in [0.15, 0.2) is 5.12 Å². The van der Waals surface area contributed by atoms with Gasteiger partial charge in [-0.05, 0) is 17.9 Å². The maximum atomic E-state index is 11.2. The van der Waals surface area contributed by atoms with E-state index in [4.69, 9.17) is 0 Å². The van der Waals surface area contributed by atoms with Gasteiger partial charge in [0.2, 0.25) is 0 Å². The smallest absolute Gasteiger partial charge is 0.199 e. The van der Waals surface area contributed by atoms with Crippen LogP contribution in [0.5, 0.6) is 0 Å². The van der Waals surface area contributed by atoms with Crippen LogP contribution in [0.3, 0.4) is 0 Å². The standard InChI is InChI=1S/C10H12OS2/c1-2-12-10(11)8-13-9-6-4-3-5-7-9/h3-7H,2,8H2,1H3. The summed E-state index contributed by atoms with van der Waals surface area (Å²) in [4.78, 5) is 12.3. The normalized spacial score (nSPS) is 9.92. The summed E-state index contributed by atoms with van der Waals surface area (Å²) < 4.78 is 0. The van der Waals surface area contributed by atoms with Crippen molar-refractivity contribution < 1.29 is 4.79 Å². The van der Waals surface area contributed by atoms with Crippen LogP contribution in [0.25, 0.3) is 0 Å². The van der Waals surface area contributed by atoms with Gasteiger partial charge < -0.3 is 0 Å². The monoisotopic (exact) mass is 212 g/mol. The molecule has 0 aliphatic rings. The maximum Gasteiger partial charge on any atom is 0.199 e. The Morgan fingerprint density at radius 2 is 2.00 bits per heavy atom. The first-order chi connectivity index (χ1) is 6.33. The minimum absolute atomic E-state index is 0.261. The summed E-state index contributed by atoms with van der Waals surface area (Å²) in [5.74, 6) is 1.44. The molecule has 1 rings (SSSR count). The first kappa shape index (κ1) is 10.7. The first-order valence-corrected chi connectivity index (χ1v) is 6.13. The quantitative estimate of drug-likeness (QED) is 0.714. The summed E-state index contributed by atoms with van der Waals surface area (Å²) in [6, 6.07) is 10.00. The molecule has 13 heavy (non-hydrogen) atoms. The van der Waals surface area contributed by atoms with Crippen LogP contribution in [0, 0.1) is 0 Å². The van der Waals surface area contributed by atoms with E-state index in [0.717, 1.165) is 10.6 Å². The second-order valence-electron chi connectivity index (χ2n) is 2.41. The minimum atomic E-state index is 0.261. The molecular weight excluding hydrogens is 200 g/mol. The van der Waals surface area contributed by atoms with E-state index in [-0.39, 0.29) is 5.12 Å². The van der Waals surface area contributed by atoms with Crippen LogP contribution in [0.2, 0.25) is 0 Å². The van der Waals surface area contributed by atoms with Crippen molar-refractivity contribution in [1.29, 1.82) is 0 Å². The number of carbonyl (C=O) groups excluding carboxylic acids is 1. The van der Waals surface area contributed by atoms with Crippen molar-refractivity contribution in [2.45, 2.75) is 11.8 Å². The van der Waals surface area contributed by atoms with E-state index in [2.05, 4.69) is 0 Å². The lowest BCUT2D eigenvalue weighted by atomic mass is 10.4. The van der Waals surface area contributed by atoms with E-state index in [9.17, 15) is 4.79 Å². The zero-order valence-electron chi connectivity index (χ0n) is 7.53. The highest BCUT2D eigenvalue weighted by atomic mass is 32.2. The van der Waals surface area contributed by atoms with Crippen molar-refractivity contribution in [2.75, 3.05) is 11.5 Å². The van der Waals surface area contributed by atoms with Crippen molar-refractivity contribution in [1.82, 2.24) is 0 Å². The number of hydrogen-bond donors (Lipinski definition) is 0. The summed E-state index contributed by atoms with van der Waals surface area (Å²) in [6.45, 7) is 2.00. The molecule has 0 aliphatic carbocycles. The number of rotatable bonds is 4. The Morgan fingerprint density at radius 1 is 1.31 bits per heavy atom. The van der Waals surface area contributed by atoms with Crippen molar-refractivity contribution in [3.63, 3.8) is 0 Å². The van der Waals surface area contributed by atoms with Gasteiger partial charge in [-0.3, -0.25) is 4.79 Å². The molecule has 0 atom stereocenters. The number of thioether (sulfide) groups is 2. The van der Waals surface area contributed by atoms with Gasteiger partial charge in [-0.15, -0.1) is 11.8 Å². The summed E-state index contributed by atoms with van der Waals surface area (Å²) >= 11 is 2.99. The third-order valence-electron chi connectivity index (χ3n) is 1.41. The van der Waals surface area contributed by atoms with Gasteiger partial charge in [0.25, 0.3) is 0 Å². The van der Waals surface area contributed by atoms with Crippen molar-refractivity contribution in [3.8, 4) is 0 Å². The van der Waals surface area contributed by atoms with E-state index >= 15 is 0 Å². The molecule has 0 N–H and O–H groups in total. The Hall–Kier alpha value is -0.410. The molecule has 1 nitrogen and oxygen atoms in total. The van der Waals surface area contributed by atoms with Crippen LogP contribution < -0.4 is 0 Å². The van der Waals surface area contributed by atoms with Crippen molar-refractivity contribution in [3.05, 3.63) is 30.3 Å². The molecule has 0 saturated carbocycles. The van der Waals surface area contributed by atoms with Crippen LogP contribution >= 0.6 is 23.5 Å². The molecule has 0 fully saturated rings. The first-order valence-electron chi connectivity index (χ1n) is 4.16. The largest absolute Gasteiger partial charge is 0.286 e. The van der Waals surface area contributed by atoms with Crippen LogP contribution in [-0.2, 0) is 4.79 Å². The van der Waals surface area contributed by atoms with E-state index in [1.165, 1.54) is 11.8 Å². The predicted octanol–water partition coefficient (Wildman–Crippen LogP) is 3.06. The fourth-order valence-corrected chi connectivity index (χ4v) is 2.33. The van der Waals surface area contributed by atoms with Gasteiger partial charge >= 0.3 is 0 Å². The number of benzene rings is 1. The average Bonchev–Trinajstić information content (AvgIpc) is 2.17. The third-order valence-corrected chi connectivity index (χ3v) is 3.35. The summed E-state index contributed by atoms with van der Waals surface area (Å²) in [5, 5.41) is 0.261. The highest BCUT2D eigenvalue weighted by Gasteiger charge is 2.01. The Bertz CT molecular complexity index is 259. The number of carbonyl (C=O) groups is 1. The summed E-state index contributed by atoms with van der Waals surface area (Å²) in [5.41, 5.74) is 0. The minimum Gasteiger partial charge on any atom is -0.286 e. The molecule has 0 aromatic heterocycles. The van der Waals surface area contributed by atoms with Gasteiger partial charge in [0, 0.05) is 4.90 Å². The van der Waals surface area contributed by atoms with Gasteiger partial charge in [-0.1, -0.05) is 36.9 Å². The second-order valence-corrected chi connectivity index (χ2v) is 4.78. The van der Waals surface area contributed by atoms with Gasteiger partial charge in [-0.2, -0.15) is 0 Å². The highest BCUT2D eigenvalue weighted by molar-refractivity contribution is 8.15. The Morgan fingerprint density at radius 3 is 2.62 bits per heavy atom. The molecule has 0 radical (unpaired) electrons. The van der Waals surface area contributed by atoms with E-state index in [1.54, 1.807) is 11.8 Å². The van der Waals surface area contributed by atoms with Crippen molar-refractivity contribution in [2.24, 2.45) is 0 Å². The fourth-order valence-electron chi connectivity index (χ4n) is 0.862. The lowest BCUT2D eigenvalue weighted by Crippen LogP contribution is -1.94. The summed E-state index contributed by atoms with van der Waals surface area (Å²) in [6.07, 6.45) is 0. The second kappa shape index (κ2) is 6.11. The van der Waals surface area contributed by atoms with Crippen LogP contribution in [0.15, 0.2) is 35.2 Å². The lowest BCUT2D eigenvalue weighted by Gasteiger charge is -1.98. The van der Waals surface area contributed by atoms with Crippen LogP contribution in [-0.4, -0.2) is 16.6 Å². The summed E-state index contributed by atoms with van der Waals surface area (Å²) in [7, 11) is 0. The molecular formula is C10H12OS2. The molecule has 70 valence electrons. The van der Waals surface area contributed by atoms with E-state index in [0.29, 0.717) is 5.75 Å². The van der Waals surface area contributed by atoms with Gasteiger partial charge in [-0.25, -0.2) is 0 Å². The molecule has 0 amide bonds.